The zero-order chi connectivity index (χ0) is 32.8. The average molecular weight is 665 g/mol. The second-order valence-corrected chi connectivity index (χ2v) is 11.8. The lowest BCUT2D eigenvalue weighted by Crippen LogP contribution is -2.61. The number of carbonyl (C=O) groups is 2. The van der Waals surface area contributed by atoms with E-state index in [1.807, 2.05) is 12.1 Å². The molecule has 2 fully saturated rings. The van der Waals surface area contributed by atoms with Crippen molar-refractivity contribution in [2.24, 2.45) is 0 Å². The lowest BCUT2D eigenvalue weighted by Gasteiger charge is -2.38. The van der Waals surface area contributed by atoms with Crippen molar-refractivity contribution in [2.45, 2.75) is 57.3 Å². The number of piperazine rings is 1. The van der Waals surface area contributed by atoms with Crippen molar-refractivity contribution in [3.63, 3.8) is 0 Å². The number of aryl methyl sites for hydroxylation is 1. The molecule has 0 radical (unpaired) electrons. The van der Waals surface area contributed by atoms with Crippen molar-refractivity contribution in [1.29, 1.82) is 0 Å². The van der Waals surface area contributed by atoms with Gasteiger partial charge in [-0.05, 0) is 72.7 Å². The van der Waals surface area contributed by atoms with Crippen molar-refractivity contribution < 1.29 is 36.3 Å². The number of rotatable bonds is 14. The van der Waals surface area contributed by atoms with Crippen LogP contribution < -0.4 is 20.3 Å². The number of nitrogens with zero attached hydrogens (tertiary/aromatic N) is 2. The molecule has 1 heterocycles. The zero-order valence-electron chi connectivity index (χ0n) is 24.9. The molecule has 246 valence electrons. The number of benzene rings is 3. The summed E-state index contributed by atoms with van der Waals surface area (Å²) in [6, 6.07) is 13.1. The predicted molar refractivity (Wildman–Crippen MR) is 163 cm³/mol. The fourth-order valence-corrected chi connectivity index (χ4v) is 5.61. The number of nitrogens with one attached hydrogen (secondary N) is 2. The van der Waals surface area contributed by atoms with Gasteiger partial charge in [0, 0.05) is 36.4 Å². The van der Waals surface area contributed by atoms with Gasteiger partial charge in [0.05, 0.1) is 19.7 Å². The fraction of sp³-hybridized carbons (Fsp3) is 0.394. The largest absolute Gasteiger partial charge is 0.488 e. The Kier molecular flexibility index (Phi) is 11.1. The molecule has 1 aliphatic carbocycles. The Morgan fingerprint density at radius 3 is 2.48 bits per heavy atom. The summed E-state index contributed by atoms with van der Waals surface area (Å²) in [5.41, 5.74) is 2.88. The normalized spacial score (nSPS) is 16.6. The molecule has 46 heavy (non-hydrogen) atoms. The minimum atomic E-state index is -2.47. The molecule has 3 aromatic rings. The van der Waals surface area contributed by atoms with Crippen LogP contribution in [0.3, 0.4) is 0 Å². The molecule has 2 N–H and O–H groups in total. The highest BCUT2D eigenvalue weighted by atomic mass is 35.5. The Labute approximate surface area is 268 Å². The van der Waals surface area contributed by atoms with Gasteiger partial charge >= 0.3 is 0 Å². The topological polar surface area (TPSA) is 73.9 Å². The van der Waals surface area contributed by atoms with Gasteiger partial charge in [-0.1, -0.05) is 35.9 Å². The Bertz CT molecular complexity index is 1540. The van der Waals surface area contributed by atoms with Crippen molar-refractivity contribution in [1.82, 2.24) is 15.5 Å². The van der Waals surface area contributed by atoms with E-state index in [1.165, 1.54) is 4.90 Å². The molecule has 3 aromatic carbocycles. The number of hydrogen-bond donors (Lipinski definition) is 2. The first kappa shape index (κ1) is 33.6. The van der Waals surface area contributed by atoms with E-state index in [-0.39, 0.29) is 50.6 Å². The van der Waals surface area contributed by atoms with Gasteiger partial charge in [0.2, 0.25) is 17.6 Å². The number of amides is 2. The van der Waals surface area contributed by atoms with Crippen LogP contribution in [0.25, 0.3) is 0 Å². The Balaban J connectivity index is 1.24. The first-order chi connectivity index (χ1) is 22.1. The third-order valence-electron chi connectivity index (χ3n) is 7.90. The molecule has 2 aliphatic rings. The first-order valence-electron chi connectivity index (χ1n) is 15.1. The number of alkyl halides is 2. The van der Waals surface area contributed by atoms with Crippen LogP contribution in [-0.4, -0.2) is 61.5 Å². The molecule has 2 amide bonds. The van der Waals surface area contributed by atoms with Gasteiger partial charge in [0.25, 0.3) is 6.43 Å². The second kappa shape index (κ2) is 15.2. The summed E-state index contributed by atoms with van der Waals surface area (Å²) in [5.74, 6) is -4.78. The van der Waals surface area contributed by atoms with E-state index < -0.39 is 42.2 Å². The maximum absolute atomic E-state index is 14.0. The van der Waals surface area contributed by atoms with Crippen molar-refractivity contribution in [2.75, 3.05) is 31.1 Å². The van der Waals surface area contributed by atoms with Crippen LogP contribution in [-0.2, 0) is 29.1 Å². The minimum absolute atomic E-state index is 0.00184. The number of ether oxygens (including phenoxy) is 1. The second-order valence-electron chi connectivity index (χ2n) is 11.3. The highest BCUT2D eigenvalue weighted by Gasteiger charge is 2.41. The van der Waals surface area contributed by atoms with E-state index >= 15 is 0 Å². The molecule has 1 atom stereocenters. The third-order valence-corrected chi connectivity index (χ3v) is 8.27. The van der Waals surface area contributed by atoms with Gasteiger partial charge in [0.15, 0.2) is 17.4 Å². The van der Waals surface area contributed by atoms with E-state index in [0.717, 1.165) is 30.0 Å². The molecular formula is C33H34ClF5N4O3. The molecule has 0 spiro atoms. The third kappa shape index (κ3) is 8.34. The van der Waals surface area contributed by atoms with E-state index in [9.17, 15) is 31.5 Å². The van der Waals surface area contributed by atoms with Gasteiger partial charge in [-0.2, -0.15) is 4.39 Å². The highest BCUT2D eigenvalue weighted by Crippen LogP contribution is 2.32. The van der Waals surface area contributed by atoms with Crippen molar-refractivity contribution in [3.8, 4) is 5.75 Å². The standard InChI is InChI=1S/C33H34ClF5N4O3/c34-25-10-5-21(15-40-17-29(37)38)14-22(25)19-42(23-8-9-23)33(45)28-16-41-18-30(44)43(28)24-6-3-20(4-7-24)2-1-13-46-32-27(36)12-11-26(35)31(32)39/h3-7,10-12,14,23,28-29,40-41H,1-2,8-9,13,15-19H2/t28-/m1/s1. The average Bonchev–Trinajstić information content (AvgIpc) is 3.88. The molecule has 7 nitrogen and oxygen atoms in total. The van der Waals surface area contributed by atoms with Crippen LogP contribution in [0.5, 0.6) is 5.75 Å². The van der Waals surface area contributed by atoms with Crippen LogP contribution in [0.4, 0.5) is 27.6 Å². The molecule has 0 unspecified atom stereocenters. The molecule has 0 bridgehead atoms. The first-order valence-corrected chi connectivity index (χ1v) is 15.4. The maximum atomic E-state index is 14.0. The van der Waals surface area contributed by atoms with Crippen LogP contribution in [0, 0.1) is 17.5 Å². The summed E-state index contributed by atoms with van der Waals surface area (Å²) in [6.45, 7) is 0.297. The zero-order valence-corrected chi connectivity index (χ0v) is 25.6. The monoisotopic (exact) mass is 664 g/mol. The summed E-state index contributed by atoms with van der Waals surface area (Å²) in [5, 5.41) is 6.20. The van der Waals surface area contributed by atoms with Crippen LogP contribution in [0.15, 0.2) is 54.6 Å². The molecule has 13 heteroatoms. The Morgan fingerprint density at radius 1 is 1.04 bits per heavy atom. The lowest BCUT2D eigenvalue weighted by atomic mass is 10.1. The summed E-state index contributed by atoms with van der Waals surface area (Å²) < 4.78 is 71.3. The minimum Gasteiger partial charge on any atom is -0.488 e. The summed E-state index contributed by atoms with van der Waals surface area (Å²) in [4.78, 5) is 30.4. The maximum Gasteiger partial charge on any atom is 0.250 e. The highest BCUT2D eigenvalue weighted by molar-refractivity contribution is 6.31. The van der Waals surface area contributed by atoms with E-state index in [0.29, 0.717) is 35.2 Å². The van der Waals surface area contributed by atoms with Crippen molar-refractivity contribution >= 4 is 29.1 Å². The summed E-state index contributed by atoms with van der Waals surface area (Å²) in [6.07, 6.45) is 0.0651. The van der Waals surface area contributed by atoms with Gasteiger partial charge < -0.3 is 20.3 Å². The molecule has 1 saturated carbocycles. The van der Waals surface area contributed by atoms with Crippen molar-refractivity contribution in [3.05, 3.63) is 93.8 Å². The van der Waals surface area contributed by atoms with Gasteiger partial charge in [-0.15, -0.1) is 0 Å². The number of anilines is 1. The van der Waals surface area contributed by atoms with E-state index in [1.54, 1.807) is 35.2 Å². The smallest absolute Gasteiger partial charge is 0.250 e. The Hall–Kier alpha value is -3.74. The fourth-order valence-electron chi connectivity index (χ4n) is 5.44. The molecular weight excluding hydrogens is 631 g/mol. The predicted octanol–water partition coefficient (Wildman–Crippen LogP) is 5.62. The van der Waals surface area contributed by atoms with E-state index in [4.69, 9.17) is 16.3 Å². The molecule has 5 rings (SSSR count). The molecule has 1 saturated heterocycles. The summed E-state index contributed by atoms with van der Waals surface area (Å²) >= 11 is 6.49. The molecule has 0 aromatic heterocycles. The van der Waals surface area contributed by atoms with Crippen LogP contribution >= 0.6 is 11.6 Å². The quantitative estimate of drug-likeness (QED) is 0.133. The van der Waals surface area contributed by atoms with Gasteiger partial charge in [0.1, 0.15) is 6.04 Å². The number of halogens is 6. The van der Waals surface area contributed by atoms with Gasteiger partial charge in [-0.25, -0.2) is 17.6 Å². The van der Waals surface area contributed by atoms with Crippen LogP contribution in [0.2, 0.25) is 5.02 Å². The number of hydrogen-bond acceptors (Lipinski definition) is 5. The van der Waals surface area contributed by atoms with E-state index in [2.05, 4.69) is 10.6 Å². The SMILES string of the molecule is O=C([C@H]1CNCC(=O)N1c1ccc(CCCOc2c(F)ccc(F)c2F)cc1)N(Cc1cc(CNCC(F)F)ccc1Cl)C1CC1. The lowest BCUT2D eigenvalue weighted by molar-refractivity contribution is -0.136. The summed E-state index contributed by atoms with van der Waals surface area (Å²) in [7, 11) is 0. The Morgan fingerprint density at radius 2 is 1.76 bits per heavy atom. The van der Waals surface area contributed by atoms with Gasteiger partial charge in [-0.3, -0.25) is 14.5 Å². The van der Waals surface area contributed by atoms with Crippen LogP contribution in [0.1, 0.15) is 36.0 Å². The number of carbonyl (C=O) groups excluding carboxylic acids is 2. The molecule has 1 aliphatic heterocycles.